The largest absolute Gasteiger partial charge is 0.396 e. The van der Waals surface area contributed by atoms with E-state index in [4.69, 9.17) is 5.73 Å². The summed E-state index contributed by atoms with van der Waals surface area (Å²) in [6, 6.07) is 7.84. The first-order valence-corrected chi connectivity index (χ1v) is 26.7. The molecule has 8 N–H and O–H groups in total. The predicted molar refractivity (Wildman–Crippen MR) is 261 cm³/mol. The monoisotopic (exact) mass is 1010 g/mol. The highest BCUT2D eigenvalue weighted by Crippen LogP contribution is 2.40. The van der Waals surface area contributed by atoms with E-state index in [0.29, 0.717) is 66.4 Å². The van der Waals surface area contributed by atoms with E-state index in [1.165, 1.54) is 33.4 Å². The maximum Gasteiger partial charge on any atom is 0.396 e. The molecule has 7 amide bonds. The van der Waals surface area contributed by atoms with Crippen LogP contribution in [0.25, 0.3) is 21.9 Å². The number of piperidine rings is 1. The molecule has 0 bridgehead atoms. The number of nitrogens with zero attached hydrogens (tertiary/aromatic N) is 4. The molecule has 22 heteroatoms. The Bertz CT molecular complexity index is 2980. The third kappa shape index (κ3) is 10.4. The standard InChI is InChI=1S/C50H62N9O12P/c1-56-40-23-30(8-12-37(40)59(49(56)68)38-14-15-42(61)54-45(38)64)22-28-4-6-29(7-5-28)24-43(62)57-21-17-33-10-13-39(46(65)55-50(18-2-3-19-50)20-16-41(51)60)58(33)47(66)36(27-57)53-44(63)35-26-32-25-31(9-11-34(32)52-35)48(67)72(69,70)71/h8-9,11-12,23,25-26,28-29,33,36,38-39,52H,2-7,10,13-22,24,27H2,1H3,(H2,51,60)(H,53,63)(H,55,65)(H,54,61,64)(H2,69,70,71)/t28-,29+,33-,36+,38?,39+/m1/s1. The topological polar surface area (TPSA) is 305 Å². The molecule has 384 valence electrons. The molecule has 2 aliphatic carbocycles. The van der Waals surface area contributed by atoms with Crippen LogP contribution in [0.4, 0.5) is 0 Å². The molecule has 5 heterocycles. The number of aromatic amines is 1. The number of fused-ring (bicyclic) bond motifs is 3. The van der Waals surface area contributed by atoms with Crippen LogP contribution < -0.4 is 27.4 Å². The molecule has 1 unspecified atom stereocenters. The highest BCUT2D eigenvalue weighted by atomic mass is 31.2. The number of imide groups is 1. The summed E-state index contributed by atoms with van der Waals surface area (Å²) in [6.07, 6.45) is 9.63. The van der Waals surface area contributed by atoms with Gasteiger partial charge in [0.2, 0.25) is 35.4 Å². The van der Waals surface area contributed by atoms with Crippen molar-refractivity contribution in [1.82, 2.24) is 39.9 Å². The van der Waals surface area contributed by atoms with Gasteiger partial charge in [-0.25, -0.2) is 4.79 Å². The first-order valence-electron chi connectivity index (χ1n) is 25.1. The van der Waals surface area contributed by atoms with Crippen LogP contribution in [0.5, 0.6) is 0 Å². The Labute approximate surface area is 414 Å². The van der Waals surface area contributed by atoms with Gasteiger partial charge < -0.3 is 40.9 Å². The van der Waals surface area contributed by atoms with Gasteiger partial charge in [0.15, 0.2) is 0 Å². The smallest absolute Gasteiger partial charge is 0.370 e. The maximum absolute atomic E-state index is 14.9. The van der Waals surface area contributed by atoms with Gasteiger partial charge in [-0.2, -0.15) is 0 Å². The number of rotatable bonds is 14. The fourth-order valence-corrected chi connectivity index (χ4v) is 12.5. The molecule has 21 nitrogen and oxygen atoms in total. The number of primary amides is 1. The first-order chi connectivity index (χ1) is 34.3. The Balaban J connectivity index is 0.885. The second kappa shape index (κ2) is 20.2. The van der Waals surface area contributed by atoms with Crippen molar-refractivity contribution in [2.24, 2.45) is 24.6 Å². The number of carbonyl (C=O) groups excluding carboxylic acids is 8. The Morgan fingerprint density at radius 2 is 1.61 bits per heavy atom. The van der Waals surface area contributed by atoms with Crippen LogP contribution >= 0.6 is 7.60 Å². The number of imidazole rings is 1. The highest BCUT2D eigenvalue weighted by Gasteiger charge is 2.48. The van der Waals surface area contributed by atoms with Crippen molar-refractivity contribution in [3.8, 4) is 0 Å². The molecule has 4 aromatic rings. The van der Waals surface area contributed by atoms with Gasteiger partial charge in [-0.15, -0.1) is 0 Å². The molecular formula is C50H62N9O12P. The lowest BCUT2D eigenvalue weighted by Crippen LogP contribution is -2.62. The van der Waals surface area contributed by atoms with E-state index in [1.54, 1.807) is 16.8 Å². The summed E-state index contributed by atoms with van der Waals surface area (Å²) >= 11 is 0. The van der Waals surface area contributed by atoms with Crippen LogP contribution in [0.3, 0.4) is 0 Å². The lowest BCUT2D eigenvalue weighted by atomic mass is 9.78. The highest BCUT2D eigenvalue weighted by molar-refractivity contribution is 7.70. The molecular weight excluding hydrogens is 950 g/mol. The number of nitrogens with one attached hydrogen (secondary N) is 4. The number of nitrogens with two attached hydrogens (primary N) is 1. The van der Waals surface area contributed by atoms with Gasteiger partial charge >= 0.3 is 13.3 Å². The Hall–Kier alpha value is -6.44. The molecule has 2 aromatic heterocycles. The van der Waals surface area contributed by atoms with Crippen molar-refractivity contribution < 1.29 is 52.7 Å². The number of hydrogen-bond donors (Lipinski definition) is 7. The van der Waals surface area contributed by atoms with Gasteiger partial charge in [-0.05, 0) is 131 Å². The summed E-state index contributed by atoms with van der Waals surface area (Å²) in [5.74, 6) is -2.60. The summed E-state index contributed by atoms with van der Waals surface area (Å²) < 4.78 is 14.7. The average Bonchev–Trinajstić information content (AvgIpc) is 4.14. The van der Waals surface area contributed by atoms with E-state index in [1.807, 2.05) is 18.2 Å². The van der Waals surface area contributed by atoms with E-state index in [2.05, 4.69) is 20.9 Å². The zero-order valence-electron chi connectivity index (χ0n) is 40.2. The van der Waals surface area contributed by atoms with Crippen molar-refractivity contribution in [3.63, 3.8) is 0 Å². The maximum atomic E-state index is 14.9. The summed E-state index contributed by atoms with van der Waals surface area (Å²) in [5.41, 5.74) is 5.69. The molecule has 4 atom stereocenters. The second-order valence-electron chi connectivity index (χ2n) is 20.7. The summed E-state index contributed by atoms with van der Waals surface area (Å²) in [6.45, 7) is 0.126. The van der Waals surface area contributed by atoms with Gasteiger partial charge in [0.1, 0.15) is 23.8 Å². The Morgan fingerprint density at radius 1 is 0.875 bits per heavy atom. The number of aryl methyl sites for hydroxylation is 1. The normalized spacial score (nSPS) is 24.7. The van der Waals surface area contributed by atoms with Crippen molar-refractivity contribution >= 4 is 76.4 Å². The van der Waals surface area contributed by atoms with Gasteiger partial charge in [0.05, 0.1) is 11.0 Å². The number of carbonyl (C=O) groups is 8. The molecule has 2 aromatic carbocycles. The van der Waals surface area contributed by atoms with E-state index in [0.717, 1.165) is 50.5 Å². The molecule has 5 fully saturated rings. The van der Waals surface area contributed by atoms with Crippen molar-refractivity contribution in [1.29, 1.82) is 0 Å². The minimum absolute atomic E-state index is 0.00485. The fourth-order valence-electron chi connectivity index (χ4n) is 12.1. The van der Waals surface area contributed by atoms with Crippen LogP contribution in [0.2, 0.25) is 0 Å². The number of H-pyrrole nitrogens is 1. The molecule has 3 saturated heterocycles. The first kappa shape index (κ1) is 50.5. The molecule has 2 saturated carbocycles. The molecule has 5 aliphatic rings. The van der Waals surface area contributed by atoms with E-state index < -0.39 is 66.5 Å². The zero-order valence-corrected chi connectivity index (χ0v) is 41.1. The molecule has 3 aliphatic heterocycles. The Morgan fingerprint density at radius 3 is 2.32 bits per heavy atom. The third-order valence-electron chi connectivity index (χ3n) is 16.0. The fraction of sp³-hybridized carbons (Fsp3) is 0.540. The van der Waals surface area contributed by atoms with E-state index >= 15 is 0 Å². The summed E-state index contributed by atoms with van der Waals surface area (Å²) in [4.78, 5) is 145. The zero-order chi connectivity index (χ0) is 51.2. The van der Waals surface area contributed by atoms with Gasteiger partial charge in [0, 0.05) is 67.4 Å². The van der Waals surface area contributed by atoms with Gasteiger partial charge in [0.25, 0.3) is 11.4 Å². The SMILES string of the molecule is Cn1c(=O)n(C2CCC(=O)NC2=O)c2ccc(C[C@H]3CC[C@@H](CC(=O)N4CC[C@H]5CC[C@@H](C(=O)NC6(CCC(N)=O)CCCC6)N5C(=O)[C@@H](NC(=O)c5cc6cc(C(=O)P(=O)(O)O)ccc6[nH]5)C4)CC3)cc21. The molecule has 0 spiro atoms. The summed E-state index contributed by atoms with van der Waals surface area (Å²) in [7, 11) is -3.41. The Kier molecular flexibility index (Phi) is 14.2. The average molecular weight is 1010 g/mol. The molecule has 9 rings (SSSR count). The van der Waals surface area contributed by atoms with Crippen molar-refractivity contribution in [3.05, 3.63) is 69.8 Å². The molecule has 72 heavy (non-hydrogen) atoms. The van der Waals surface area contributed by atoms with Crippen LogP contribution in [0.15, 0.2) is 47.3 Å². The minimum Gasteiger partial charge on any atom is -0.370 e. The quantitative estimate of drug-likeness (QED) is 0.0709. The van der Waals surface area contributed by atoms with Gasteiger partial charge in [-0.3, -0.25) is 57.4 Å². The lowest BCUT2D eigenvalue weighted by Gasteiger charge is -2.40. The second-order valence-corrected chi connectivity index (χ2v) is 22.2. The van der Waals surface area contributed by atoms with E-state index in [9.17, 15) is 57.5 Å². The van der Waals surface area contributed by atoms with Crippen LogP contribution in [-0.2, 0) is 46.8 Å². The van der Waals surface area contributed by atoms with Crippen molar-refractivity contribution in [2.75, 3.05) is 13.1 Å². The van der Waals surface area contributed by atoms with Crippen LogP contribution in [0, 0.1) is 11.8 Å². The number of hydrogen-bond acceptors (Lipinski definition) is 10. The number of aromatic nitrogens is 3. The van der Waals surface area contributed by atoms with Crippen molar-refractivity contribution in [2.45, 2.75) is 139 Å². The molecule has 0 radical (unpaired) electrons. The lowest BCUT2D eigenvalue weighted by molar-refractivity contribution is -0.146. The number of benzene rings is 2. The van der Waals surface area contributed by atoms with Crippen LogP contribution in [-0.4, -0.2) is 117 Å². The summed E-state index contributed by atoms with van der Waals surface area (Å²) in [5, 5.41) is 8.70. The third-order valence-corrected chi connectivity index (χ3v) is 16.7. The van der Waals surface area contributed by atoms with Crippen LogP contribution in [0.1, 0.15) is 135 Å². The van der Waals surface area contributed by atoms with Gasteiger partial charge in [-0.1, -0.05) is 18.9 Å². The number of amides is 7. The van der Waals surface area contributed by atoms with E-state index in [-0.39, 0.29) is 79.4 Å². The minimum atomic E-state index is -5.08. The predicted octanol–water partition coefficient (Wildman–Crippen LogP) is 2.94.